The summed E-state index contributed by atoms with van der Waals surface area (Å²) in [5.74, 6) is -0.825. The van der Waals surface area contributed by atoms with E-state index in [2.05, 4.69) is 36.8 Å². The Hall–Kier alpha value is -1.34. The van der Waals surface area contributed by atoms with E-state index in [9.17, 15) is 9.59 Å². The fourth-order valence-electron chi connectivity index (χ4n) is 1.65. The van der Waals surface area contributed by atoms with E-state index >= 15 is 0 Å². The number of carboxylic acid groups (broad SMARTS) is 1. The van der Waals surface area contributed by atoms with E-state index in [1.165, 1.54) is 7.11 Å². The minimum Gasteiger partial charge on any atom is -0.495 e. The Morgan fingerprint density at radius 3 is 2.56 bits per heavy atom. The first-order valence-corrected chi connectivity index (χ1v) is 6.36. The lowest BCUT2D eigenvalue weighted by Gasteiger charge is -2.09. The van der Waals surface area contributed by atoms with Crippen LogP contribution in [0.5, 0.6) is 5.75 Å². The van der Waals surface area contributed by atoms with Gasteiger partial charge in [-0.3, -0.25) is 4.79 Å². The number of carboxylic acids is 1. The SMILES string of the molecule is COc1c(Br)cc(Br)c2[nH]c(C(=O)O)cc(=O)c12. The van der Waals surface area contributed by atoms with Crippen LogP contribution in [0.25, 0.3) is 10.9 Å². The second kappa shape index (κ2) is 4.74. The number of ether oxygens (including phenoxy) is 1. The van der Waals surface area contributed by atoms with Crippen LogP contribution in [0.3, 0.4) is 0 Å². The second-order valence-electron chi connectivity index (χ2n) is 3.48. The summed E-state index contributed by atoms with van der Waals surface area (Å²) >= 11 is 6.57. The molecule has 0 radical (unpaired) electrons. The van der Waals surface area contributed by atoms with Crippen LogP contribution < -0.4 is 10.2 Å². The van der Waals surface area contributed by atoms with Gasteiger partial charge in [-0.15, -0.1) is 0 Å². The van der Waals surface area contributed by atoms with Crippen LogP contribution in [0.2, 0.25) is 0 Å². The van der Waals surface area contributed by atoms with Gasteiger partial charge in [-0.2, -0.15) is 0 Å². The molecule has 0 aliphatic carbocycles. The van der Waals surface area contributed by atoms with E-state index in [0.29, 0.717) is 25.6 Å². The quantitative estimate of drug-likeness (QED) is 0.844. The molecule has 0 saturated carbocycles. The minimum absolute atomic E-state index is 0.169. The fraction of sp³-hybridized carbons (Fsp3) is 0.0909. The van der Waals surface area contributed by atoms with Gasteiger partial charge in [-0.25, -0.2) is 4.79 Å². The highest BCUT2D eigenvalue weighted by atomic mass is 79.9. The monoisotopic (exact) mass is 375 g/mol. The first kappa shape index (κ1) is 13.1. The van der Waals surface area contributed by atoms with Crippen LogP contribution in [0.1, 0.15) is 10.5 Å². The van der Waals surface area contributed by atoms with Crippen LogP contribution in [0.4, 0.5) is 0 Å². The highest BCUT2D eigenvalue weighted by Crippen LogP contribution is 2.35. The molecule has 1 aromatic heterocycles. The van der Waals surface area contributed by atoms with Crippen molar-refractivity contribution in [3.8, 4) is 5.75 Å². The predicted octanol–water partition coefficient (Wildman–Crippen LogP) is 2.76. The molecule has 1 aromatic carbocycles. The van der Waals surface area contributed by atoms with E-state index < -0.39 is 11.4 Å². The number of aromatic carboxylic acids is 1. The van der Waals surface area contributed by atoms with Crippen molar-refractivity contribution in [2.24, 2.45) is 0 Å². The molecule has 0 saturated heterocycles. The van der Waals surface area contributed by atoms with Crippen molar-refractivity contribution in [1.29, 1.82) is 0 Å². The third kappa shape index (κ3) is 2.04. The Bertz CT molecular complexity index is 708. The Morgan fingerprint density at radius 1 is 1.33 bits per heavy atom. The molecule has 2 N–H and O–H groups in total. The van der Waals surface area contributed by atoms with Crippen molar-refractivity contribution in [1.82, 2.24) is 4.98 Å². The molecule has 0 spiro atoms. The number of fused-ring (bicyclic) bond motifs is 1. The molecule has 0 bridgehead atoms. The van der Waals surface area contributed by atoms with E-state index in [4.69, 9.17) is 9.84 Å². The number of carbonyl (C=O) groups is 1. The summed E-state index contributed by atoms with van der Waals surface area (Å²) in [7, 11) is 1.44. The number of H-pyrrole nitrogens is 1. The zero-order chi connectivity index (χ0) is 13.4. The van der Waals surface area contributed by atoms with E-state index in [1.54, 1.807) is 6.07 Å². The summed E-state index contributed by atoms with van der Waals surface area (Å²) in [5, 5.41) is 9.21. The van der Waals surface area contributed by atoms with Crippen molar-refractivity contribution in [2.75, 3.05) is 7.11 Å². The lowest BCUT2D eigenvalue weighted by atomic mass is 10.1. The van der Waals surface area contributed by atoms with Gasteiger partial charge in [0.1, 0.15) is 11.4 Å². The van der Waals surface area contributed by atoms with Gasteiger partial charge < -0.3 is 14.8 Å². The lowest BCUT2D eigenvalue weighted by Crippen LogP contribution is -2.11. The standard InChI is InChI=1S/C11H7Br2NO4/c1-18-10-5(13)2-4(12)9-8(10)7(15)3-6(14-9)11(16)17/h2-3H,1H3,(H,14,15)(H,16,17). The minimum atomic E-state index is -1.19. The summed E-state index contributed by atoms with van der Waals surface area (Å²) in [5.41, 5.74) is -0.197. The Balaban J connectivity index is 2.99. The molecule has 1 heterocycles. The third-order valence-electron chi connectivity index (χ3n) is 2.40. The highest BCUT2D eigenvalue weighted by molar-refractivity contribution is 9.11. The Morgan fingerprint density at radius 2 is 2.00 bits per heavy atom. The molecule has 5 nitrogen and oxygen atoms in total. The number of aromatic nitrogens is 1. The highest BCUT2D eigenvalue weighted by Gasteiger charge is 2.16. The van der Waals surface area contributed by atoms with Gasteiger partial charge >= 0.3 is 5.97 Å². The molecule has 94 valence electrons. The maximum atomic E-state index is 12.0. The first-order chi connectivity index (χ1) is 8.45. The lowest BCUT2D eigenvalue weighted by molar-refractivity contribution is 0.0691. The molecule has 0 aliphatic rings. The molecular weight excluding hydrogens is 370 g/mol. The average Bonchev–Trinajstić information content (AvgIpc) is 2.30. The number of rotatable bonds is 2. The maximum Gasteiger partial charge on any atom is 0.352 e. The number of aromatic amines is 1. The molecule has 0 amide bonds. The predicted molar refractivity (Wildman–Crippen MR) is 73.5 cm³/mol. The molecule has 7 heteroatoms. The number of methoxy groups -OCH3 is 1. The summed E-state index contributed by atoms with van der Waals surface area (Å²) in [6.07, 6.45) is 0. The molecule has 0 fully saturated rings. The van der Waals surface area contributed by atoms with Gasteiger partial charge in [-0.1, -0.05) is 0 Å². The van der Waals surface area contributed by atoms with E-state index in [-0.39, 0.29) is 5.69 Å². The number of halogens is 2. The van der Waals surface area contributed by atoms with Gasteiger partial charge in [0.05, 0.1) is 22.5 Å². The molecule has 2 rings (SSSR count). The van der Waals surface area contributed by atoms with Crippen molar-refractivity contribution < 1.29 is 14.6 Å². The molecule has 0 unspecified atom stereocenters. The molecule has 18 heavy (non-hydrogen) atoms. The van der Waals surface area contributed by atoms with Crippen molar-refractivity contribution >= 4 is 48.7 Å². The van der Waals surface area contributed by atoms with Crippen molar-refractivity contribution in [2.45, 2.75) is 0 Å². The smallest absolute Gasteiger partial charge is 0.352 e. The van der Waals surface area contributed by atoms with Crippen LogP contribution in [-0.4, -0.2) is 23.2 Å². The summed E-state index contributed by atoms with van der Waals surface area (Å²) < 4.78 is 6.34. The zero-order valence-corrected chi connectivity index (χ0v) is 12.3. The number of hydrogen-bond donors (Lipinski definition) is 2. The summed E-state index contributed by atoms with van der Waals surface area (Å²) in [4.78, 5) is 25.6. The zero-order valence-electron chi connectivity index (χ0n) is 9.08. The topological polar surface area (TPSA) is 79.4 Å². The number of pyridine rings is 1. The van der Waals surface area contributed by atoms with Crippen LogP contribution in [0, 0.1) is 0 Å². The summed E-state index contributed by atoms with van der Waals surface area (Å²) in [6.45, 7) is 0. The van der Waals surface area contributed by atoms with Gasteiger partial charge in [0.25, 0.3) is 0 Å². The normalized spacial score (nSPS) is 10.6. The van der Waals surface area contributed by atoms with E-state index in [0.717, 1.165) is 6.07 Å². The third-order valence-corrected chi connectivity index (χ3v) is 3.62. The average molecular weight is 377 g/mol. The van der Waals surface area contributed by atoms with Gasteiger partial charge in [0, 0.05) is 10.5 Å². The molecular formula is C11H7Br2NO4. The molecule has 2 aromatic rings. The van der Waals surface area contributed by atoms with Gasteiger partial charge in [0.2, 0.25) is 0 Å². The Kier molecular flexibility index (Phi) is 3.45. The van der Waals surface area contributed by atoms with Crippen molar-refractivity contribution in [3.63, 3.8) is 0 Å². The number of benzene rings is 1. The van der Waals surface area contributed by atoms with Gasteiger partial charge in [0.15, 0.2) is 5.43 Å². The van der Waals surface area contributed by atoms with E-state index in [1.807, 2.05) is 0 Å². The summed E-state index contributed by atoms with van der Waals surface area (Å²) in [6, 6.07) is 2.72. The molecule has 0 aliphatic heterocycles. The fourth-order valence-corrected chi connectivity index (χ4v) is 3.07. The Labute approximate surface area is 118 Å². The van der Waals surface area contributed by atoms with Crippen LogP contribution in [-0.2, 0) is 0 Å². The maximum absolute atomic E-state index is 12.0. The largest absolute Gasteiger partial charge is 0.495 e. The van der Waals surface area contributed by atoms with Gasteiger partial charge in [-0.05, 0) is 37.9 Å². The first-order valence-electron chi connectivity index (χ1n) is 4.78. The van der Waals surface area contributed by atoms with Crippen LogP contribution in [0.15, 0.2) is 25.9 Å². The molecule has 0 atom stereocenters. The second-order valence-corrected chi connectivity index (χ2v) is 5.18. The number of hydrogen-bond acceptors (Lipinski definition) is 3. The van der Waals surface area contributed by atoms with Crippen LogP contribution >= 0.6 is 31.9 Å². The van der Waals surface area contributed by atoms with Crippen molar-refractivity contribution in [3.05, 3.63) is 37.0 Å². The number of nitrogens with one attached hydrogen (secondary N) is 1.